The van der Waals surface area contributed by atoms with Crippen LogP contribution >= 0.6 is 0 Å². The standard InChI is InChI=1S/C29H38F3N3O4Si.C21H24F3N3O2Si.C15H22O5S/c1-7-28(8-2,27(36)37-3)19-39-23-12-9-21(10-13-23)24-14-11-22(17-33-24)26-34-25(29(30,31)32)18-35(26)20-38-15-16-40(4,5)6;1-30(2,3)11-10-29-14-27-13-19(21(22,23)24)26-20(27)16-6-9-18(25-12-16)15-4-7-17(28)8-5-15;1-5-15(6-2,14(16)19-4)11-20-21(17,18)13-9-7-12(3)8-10-13/h9-14,17-18H,7-8,15-16,19-20H2,1-6H3;4-9,12-13,28H,10-11,14H2,1-3H3;7-10H,5-6,11H2,1-4H3. The molecule has 7 rings (SSSR count). The van der Waals surface area contributed by atoms with Crippen LogP contribution in [0.3, 0.4) is 0 Å². The number of aryl methyl sites for hydroxylation is 1. The molecule has 17 nitrogen and oxygen atoms in total. The molecule has 26 heteroatoms. The number of phenols is 1. The molecule has 0 aliphatic carbocycles. The number of halogens is 6. The zero-order chi connectivity index (χ0) is 67.6. The first-order valence-electron chi connectivity index (χ1n) is 29.7. The van der Waals surface area contributed by atoms with Crippen molar-refractivity contribution >= 4 is 38.2 Å². The van der Waals surface area contributed by atoms with Gasteiger partial charge in [0, 0.05) is 76.4 Å². The lowest BCUT2D eigenvalue weighted by Gasteiger charge is -2.28. The highest BCUT2D eigenvalue weighted by Gasteiger charge is 2.40. The zero-order valence-electron chi connectivity index (χ0n) is 53.9. The van der Waals surface area contributed by atoms with Gasteiger partial charge >= 0.3 is 24.3 Å². The summed E-state index contributed by atoms with van der Waals surface area (Å²) in [6.45, 7) is 23.5. The van der Waals surface area contributed by atoms with Crippen LogP contribution in [-0.2, 0) is 68.7 Å². The Balaban J connectivity index is 0.000000261. The molecule has 0 fully saturated rings. The Labute approximate surface area is 531 Å². The highest BCUT2D eigenvalue weighted by Crippen LogP contribution is 2.36. The third-order valence-electron chi connectivity index (χ3n) is 15.2. The molecule has 496 valence electrons. The molecule has 1 N–H and O–H groups in total. The number of hydrogen-bond acceptors (Lipinski definition) is 15. The van der Waals surface area contributed by atoms with Crippen LogP contribution in [0.4, 0.5) is 26.3 Å². The summed E-state index contributed by atoms with van der Waals surface area (Å²) in [4.78, 5) is 40.7. The van der Waals surface area contributed by atoms with Crippen molar-refractivity contribution in [3.8, 4) is 56.8 Å². The van der Waals surface area contributed by atoms with Crippen molar-refractivity contribution in [2.24, 2.45) is 10.8 Å². The number of methoxy groups -OCH3 is 2. The summed E-state index contributed by atoms with van der Waals surface area (Å²) in [5.74, 6) is 0.299. The monoisotopic (exact) mass is 1330 g/mol. The smallest absolute Gasteiger partial charge is 0.434 e. The molecule has 0 spiro atoms. The van der Waals surface area contributed by atoms with Crippen LogP contribution in [0.1, 0.15) is 70.3 Å². The number of carbonyl (C=O) groups is 2. The number of aromatic hydroxyl groups is 1. The Morgan fingerprint density at radius 1 is 0.549 bits per heavy atom. The van der Waals surface area contributed by atoms with Gasteiger partial charge in [-0.1, -0.05) is 84.7 Å². The summed E-state index contributed by atoms with van der Waals surface area (Å²) in [6, 6.07) is 28.8. The van der Waals surface area contributed by atoms with Crippen LogP contribution in [0.25, 0.3) is 45.3 Å². The van der Waals surface area contributed by atoms with Gasteiger partial charge in [-0.3, -0.25) is 23.7 Å². The molecule has 0 bridgehead atoms. The first kappa shape index (κ1) is 74.5. The highest BCUT2D eigenvalue weighted by atomic mass is 32.2. The first-order valence-corrected chi connectivity index (χ1v) is 38.5. The average Bonchev–Trinajstić information content (AvgIpc) is 1.76. The highest BCUT2D eigenvalue weighted by molar-refractivity contribution is 7.86. The second-order valence-corrected chi connectivity index (χ2v) is 37.1. The molecule has 0 aliphatic heterocycles. The fourth-order valence-electron chi connectivity index (χ4n) is 8.81. The van der Waals surface area contributed by atoms with Gasteiger partial charge in [0.25, 0.3) is 10.1 Å². The van der Waals surface area contributed by atoms with Gasteiger partial charge in [0.05, 0.1) is 42.5 Å². The van der Waals surface area contributed by atoms with Crippen LogP contribution in [0, 0.1) is 17.8 Å². The first-order chi connectivity index (χ1) is 42.6. The van der Waals surface area contributed by atoms with Crippen molar-refractivity contribution in [3.63, 3.8) is 0 Å². The summed E-state index contributed by atoms with van der Waals surface area (Å²) < 4.78 is 139. The maximum absolute atomic E-state index is 13.4. The number of ether oxygens (including phenoxy) is 5. The fraction of sp³-hybridized carbons (Fsp3) is 0.446. The molecular weight excluding hydrogens is 1240 g/mol. The van der Waals surface area contributed by atoms with E-state index in [-0.39, 0.29) is 54.9 Å². The van der Waals surface area contributed by atoms with E-state index >= 15 is 0 Å². The number of esters is 2. The predicted molar refractivity (Wildman–Crippen MR) is 342 cm³/mol. The molecular formula is C65H84F6N6O11SSi2. The number of nitrogens with zero attached hydrogens (tertiary/aromatic N) is 6. The molecule has 7 aromatic rings. The van der Waals surface area contributed by atoms with Crippen LogP contribution < -0.4 is 4.74 Å². The molecule has 0 saturated carbocycles. The molecule has 3 aromatic carbocycles. The van der Waals surface area contributed by atoms with Crippen LogP contribution in [-0.4, -0.2) is 111 Å². The van der Waals surface area contributed by atoms with Gasteiger partial charge in [0.15, 0.2) is 11.4 Å². The van der Waals surface area contributed by atoms with Crippen molar-refractivity contribution in [2.75, 3.05) is 40.6 Å². The SMILES string of the molecule is CCC(CC)(COS(=O)(=O)c1ccc(C)cc1)C(=O)OC.CCC(CC)(COc1ccc(-c2ccc(-c3nc(C(F)(F)F)cn3COCC[Si](C)(C)C)cn2)cc1)C(=O)OC.C[Si](C)(C)CCOCn1cc(C(F)(F)F)nc1-c1ccc(-c2ccc(O)cc2)nc1. The van der Waals surface area contributed by atoms with Crippen molar-refractivity contribution in [1.29, 1.82) is 0 Å². The van der Waals surface area contributed by atoms with Crippen molar-refractivity contribution in [1.82, 2.24) is 29.1 Å². The molecule has 0 radical (unpaired) electrons. The number of carbonyl (C=O) groups excluding carboxylic acids is 2. The molecule has 91 heavy (non-hydrogen) atoms. The van der Waals surface area contributed by atoms with E-state index in [9.17, 15) is 49.5 Å². The number of imidazole rings is 2. The molecule has 0 amide bonds. The van der Waals surface area contributed by atoms with E-state index in [0.29, 0.717) is 67.2 Å². The summed E-state index contributed by atoms with van der Waals surface area (Å²) in [5, 5.41) is 9.40. The van der Waals surface area contributed by atoms with E-state index in [0.717, 1.165) is 41.2 Å². The van der Waals surface area contributed by atoms with Crippen molar-refractivity contribution in [2.45, 2.75) is 142 Å². The molecule has 0 unspecified atom stereocenters. The topological polar surface area (TPSA) is 205 Å². The molecule has 4 heterocycles. The molecule has 0 saturated heterocycles. The van der Waals surface area contributed by atoms with Crippen molar-refractivity contribution in [3.05, 3.63) is 139 Å². The molecule has 4 aromatic heterocycles. The fourth-order valence-corrected chi connectivity index (χ4v) is 11.3. The van der Waals surface area contributed by atoms with E-state index in [1.165, 1.54) is 47.9 Å². The Hall–Kier alpha value is -7.24. The van der Waals surface area contributed by atoms with E-state index < -0.39 is 66.8 Å². The minimum Gasteiger partial charge on any atom is -0.508 e. The van der Waals surface area contributed by atoms with Gasteiger partial charge in [-0.25, -0.2) is 9.97 Å². The second kappa shape index (κ2) is 32.4. The van der Waals surface area contributed by atoms with Crippen LogP contribution in [0.15, 0.2) is 127 Å². The number of benzene rings is 3. The van der Waals surface area contributed by atoms with E-state index in [2.05, 4.69) is 59.2 Å². The number of pyridine rings is 2. The van der Waals surface area contributed by atoms with E-state index in [4.69, 9.17) is 27.9 Å². The third kappa shape index (κ3) is 21.7. The minimum atomic E-state index is -4.57. The van der Waals surface area contributed by atoms with Crippen molar-refractivity contribution < 1.29 is 77.3 Å². The summed E-state index contributed by atoms with van der Waals surface area (Å²) in [6.07, 6.45) is -2.09. The maximum Gasteiger partial charge on any atom is 0.434 e. The normalized spacial score (nSPS) is 12.3. The Morgan fingerprint density at radius 2 is 0.934 bits per heavy atom. The van der Waals surface area contributed by atoms with Gasteiger partial charge in [-0.15, -0.1) is 0 Å². The summed E-state index contributed by atoms with van der Waals surface area (Å²) in [7, 11) is -3.84. The number of alkyl halides is 6. The van der Waals surface area contributed by atoms with Crippen LogP contribution in [0.2, 0.25) is 51.4 Å². The lowest BCUT2D eigenvalue weighted by Crippen LogP contribution is -2.37. The molecule has 0 aliphatic rings. The van der Waals surface area contributed by atoms with Gasteiger partial charge in [0.2, 0.25) is 0 Å². The lowest BCUT2D eigenvalue weighted by atomic mass is 9.83. The van der Waals surface area contributed by atoms with Crippen LogP contribution in [0.5, 0.6) is 11.5 Å². The minimum absolute atomic E-state index is 0.0113. The van der Waals surface area contributed by atoms with Gasteiger partial charge in [0.1, 0.15) is 48.6 Å². The number of hydrogen-bond donors (Lipinski definition) is 1. The number of phenolic OH excluding ortho intramolecular Hbond substituents is 1. The molecule has 0 atom stereocenters. The quantitative estimate of drug-likeness (QED) is 0.0167. The maximum atomic E-state index is 13.4. The Kier molecular flexibility index (Phi) is 26.5. The number of rotatable bonds is 27. The third-order valence-corrected chi connectivity index (χ3v) is 19.9. The van der Waals surface area contributed by atoms with E-state index in [1.807, 2.05) is 46.8 Å². The zero-order valence-corrected chi connectivity index (χ0v) is 56.7. The number of aromatic nitrogens is 6. The predicted octanol–water partition coefficient (Wildman–Crippen LogP) is 15.6. The van der Waals surface area contributed by atoms with Gasteiger partial charge in [-0.2, -0.15) is 34.8 Å². The summed E-state index contributed by atoms with van der Waals surface area (Å²) >= 11 is 0. The largest absolute Gasteiger partial charge is 0.508 e. The van der Waals surface area contributed by atoms with Gasteiger partial charge < -0.3 is 37.9 Å². The Morgan fingerprint density at radius 3 is 1.29 bits per heavy atom. The summed E-state index contributed by atoms with van der Waals surface area (Å²) in [5.41, 5.74) is 1.15. The average molecular weight is 1330 g/mol. The van der Waals surface area contributed by atoms with Gasteiger partial charge in [-0.05, 0) is 130 Å². The van der Waals surface area contributed by atoms with E-state index in [1.54, 1.807) is 72.8 Å². The Bertz CT molecular complexity index is 3530. The lowest BCUT2D eigenvalue weighted by molar-refractivity contribution is -0.156. The second-order valence-electron chi connectivity index (χ2n) is 24.2.